The summed E-state index contributed by atoms with van der Waals surface area (Å²) < 4.78 is 1.50. The third-order valence-corrected chi connectivity index (χ3v) is 2.97. The summed E-state index contributed by atoms with van der Waals surface area (Å²) in [4.78, 5) is 22.9. The fourth-order valence-electron chi connectivity index (χ4n) is 1.89. The quantitative estimate of drug-likeness (QED) is 0.573. The van der Waals surface area contributed by atoms with Crippen LogP contribution in [0, 0.1) is 0 Å². The lowest BCUT2D eigenvalue weighted by Gasteiger charge is -2.12. The fraction of sp³-hybridized carbons (Fsp3) is 0.615. The van der Waals surface area contributed by atoms with Gasteiger partial charge in [0.25, 0.3) is 0 Å². The van der Waals surface area contributed by atoms with E-state index in [-0.39, 0.29) is 5.91 Å². The number of nitrogens with zero attached hydrogens (tertiary/aromatic N) is 2. The van der Waals surface area contributed by atoms with E-state index in [2.05, 4.69) is 10.4 Å². The molecule has 0 aliphatic rings. The monoisotopic (exact) mass is 282 g/mol. The van der Waals surface area contributed by atoms with E-state index in [9.17, 15) is 9.59 Å². The number of nitrogens with one attached hydrogen (secondary N) is 1. The molecule has 112 valence electrons. The molecule has 0 fully saturated rings. The maximum atomic E-state index is 11.7. The Morgan fingerprint density at radius 2 is 2.10 bits per heavy atom. The summed E-state index contributed by atoms with van der Waals surface area (Å²) in [7, 11) is 1.70. The number of aryl methyl sites for hydroxylation is 1. The van der Waals surface area contributed by atoms with Gasteiger partial charge in [-0.2, -0.15) is 5.10 Å². The summed E-state index contributed by atoms with van der Waals surface area (Å²) in [5.74, 6) is -1.34. The third kappa shape index (κ3) is 5.40. The molecular weight excluding hydrogens is 260 g/mol. The predicted molar refractivity (Wildman–Crippen MR) is 73.9 cm³/mol. The van der Waals surface area contributed by atoms with Gasteiger partial charge in [-0.15, -0.1) is 0 Å². The van der Waals surface area contributed by atoms with Crippen LogP contribution in [0.4, 0.5) is 0 Å². The molecule has 0 aromatic carbocycles. The van der Waals surface area contributed by atoms with Gasteiger partial charge in [0.05, 0.1) is 6.20 Å². The van der Waals surface area contributed by atoms with E-state index in [4.69, 9.17) is 10.8 Å². The van der Waals surface area contributed by atoms with Crippen molar-refractivity contribution in [2.75, 3.05) is 6.54 Å². The van der Waals surface area contributed by atoms with Crippen molar-refractivity contribution >= 4 is 11.9 Å². The molecule has 0 saturated heterocycles. The molecule has 1 atom stereocenters. The van der Waals surface area contributed by atoms with Gasteiger partial charge in [0, 0.05) is 25.2 Å². The molecule has 1 heterocycles. The van der Waals surface area contributed by atoms with Crippen LogP contribution in [0.2, 0.25) is 0 Å². The number of carbonyl (C=O) groups excluding carboxylic acids is 1. The van der Waals surface area contributed by atoms with Crippen molar-refractivity contribution in [2.24, 2.45) is 12.8 Å². The van der Waals surface area contributed by atoms with E-state index in [0.717, 1.165) is 25.7 Å². The number of carboxylic acid groups (broad SMARTS) is 1. The smallest absolute Gasteiger partial charge is 0.331 e. The van der Waals surface area contributed by atoms with Gasteiger partial charge in [-0.3, -0.25) is 9.48 Å². The maximum Gasteiger partial charge on any atom is 0.331 e. The van der Waals surface area contributed by atoms with Gasteiger partial charge in [-0.25, -0.2) is 4.79 Å². The second-order valence-electron chi connectivity index (χ2n) is 4.74. The molecule has 1 amide bonds. The minimum Gasteiger partial charge on any atom is -0.479 e. The van der Waals surface area contributed by atoms with E-state index in [1.807, 2.05) is 0 Å². The second kappa shape index (κ2) is 8.31. The first-order chi connectivity index (χ1) is 9.54. The second-order valence-corrected chi connectivity index (χ2v) is 4.74. The Kier molecular flexibility index (Phi) is 6.72. The van der Waals surface area contributed by atoms with Crippen LogP contribution in [0.25, 0.3) is 0 Å². The van der Waals surface area contributed by atoms with Crippen LogP contribution >= 0.6 is 0 Å². The van der Waals surface area contributed by atoms with Crippen molar-refractivity contribution in [3.8, 4) is 0 Å². The lowest BCUT2D eigenvalue weighted by molar-refractivity contribution is -0.142. The number of carbonyl (C=O) groups is 2. The van der Waals surface area contributed by atoms with Gasteiger partial charge in [-0.05, 0) is 19.4 Å². The number of hydrogen-bond acceptors (Lipinski definition) is 4. The van der Waals surface area contributed by atoms with Gasteiger partial charge < -0.3 is 16.2 Å². The predicted octanol–water partition coefficient (Wildman–Crippen LogP) is 0.571. The highest BCUT2D eigenvalue weighted by Crippen LogP contribution is 2.12. The summed E-state index contributed by atoms with van der Waals surface area (Å²) >= 11 is 0. The number of nitrogens with two attached hydrogens (primary N) is 1. The molecule has 1 unspecified atom stereocenters. The van der Waals surface area contributed by atoms with E-state index in [1.54, 1.807) is 13.2 Å². The number of aliphatic carboxylic acids is 1. The van der Waals surface area contributed by atoms with E-state index in [0.29, 0.717) is 18.5 Å². The molecule has 0 aliphatic carbocycles. The van der Waals surface area contributed by atoms with Crippen molar-refractivity contribution in [1.29, 1.82) is 0 Å². The standard InChI is InChI=1S/C13H22N4O3/c1-17-9-10(8-15-17)12(13(19)20)16-11(18)6-4-2-3-5-7-14/h8-9,12H,2-7,14H2,1H3,(H,16,18)(H,19,20). The zero-order valence-corrected chi connectivity index (χ0v) is 11.7. The van der Waals surface area contributed by atoms with Crippen molar-refractivity contribution in [3.63, 3.8) is 0 Å². The van der Waals surface area contributed by atoms with E-state index >= 15 is 0 Å². The lowest BCUT2D eigenvalue weighted by Crippen LogP contribution is -2.33. The molecule has 4 N–H and O–H groups in total. The van der Waals surface area contributed by atoms with Crippen molar-refractivity contribution < 1.29 is 14.7 Å². The Morgan fingerprint density at radius 1 is 1.40 bits per heavy atom. The highest BCUT2D eigenvalue weighted by Gasteiger charge is 2.23. The number of unbranched alkanes of at least 4 members (excludes halogenated alkanes) is 3. The fourth-order valence-corrected chi connectivity index (χ4v) is 1.89. The molecule has 1 aromatic heterocycles. The SMILES string of the molecule is Cn1cc(C(NC(=O)CCCCCCN)C(=O)O)cn1. The van der Waals surface area contributed by atoms with Gasteiger partial charge in [-0.1, -0.05) is 12.8 Å². The Bertz CT molecular complexity index is 445. The van der Waals surface area contributed by atoms with Gasteiger partial charge >= 0.3 is 5.97 Å². The van der Waals surface area contributed by atoms with Crippen molar-refractivity contribution in [2.45, 2.75) is 38.1 Å². The molecule has 0 spiro atoms. The number of rotatable bonds is 9. The third-order valence-electron chi connectivity index (χ3n) is 2.97. The van der Waals surface area contributed by atoms with Gasteiger partial charge in [0.1, 0.15) is 0 Å². The topological polar surface area (TPSA) is 110 Å². The highest BCUT2D eigenvalue weighted by atomic mass is 16.4. The van der Waals surface area contributed by atoms with Crippen molar-refractivity contribution in [1.82, 2.24) is 15.1 Å². The molecule has 0 saturated carbocycles. The highest BCUT2D eigenvalue weighted by molar-refractivity contribution is 5.84. The summed E-state index contributed by atoms with van der Waals surface area (Å²) in [5.41, 5.74) is 5.85. The van der Waals surface area contributed by atoms with Crippen molar-refractivity contribution in [3.05, 3.63) is 18.0 Å². The molecule has 7 heteroatoms. The van der Waals surface area contributed by atoms with Crippen LogP contribution < -0.4 is 11.1 Å². The first kappa shape index (κ1) is 16.2. The normalized spacial score (nSPS) is 12.1. The minimum absolute atomic E-state index is 0.256. The average Bonchev–Trinajstić information content (AvgIpc) is 2.81. The molecule has 20 heavy (non-hydrogen) atoms. The molecule has 0 aliphatic heterocycles. The first-order valence-electron chi connectivity index (χ1n) is 6.75. The van der Waals surface area contributed by atoms with Crippen LogP contribution in [0.1, 0.15) is 43.7 Å². The summed E-state index contributed by atoms with van der Waals surface area (Å²) in [6.45, 7) is 0.661. The van der Waals surface area contributed by atoms with Crippen LogP contribution in [0.15, 0.2) is 12.4 Å². The number of aromatic nitrogens is 2. The molecule has 1 rings (SSSR count). The number of carboxylic acids is 1. The van der Waals surface area contributed by atoms with Crippen LogP contribution in [0.3, 0.4) is 0 Å². The van der Waals surface area contributed by atoms with Gasteiger partial charge in [0.2, 0.25) is 5.91 Å². The molecule has 7 nitrogen and oxygen atoms in total. The Balaban J connectivity index is 2.42. The Labute approximate surface area is 118 Å². The summed E-state index contributed by atoms with van der Waals surface area (Å²) in [5, 5.41) is 15.6. The van der Waals surface area contributed by atoms with E-state index < -0.39 is 12.0 Å². The Hall–Kier alpha value is -1.89. The molecular formula is C13H22N4O3. The average molecular weight is 282 g/mol. The molecule has 0 bridgehead atoms. The number of hydrogen-bond donors (Lipinski definition) is 3. The zero-order chi connectivity index (χ0) is 15.0. The zero-order valence-electron chi connectivity index (χ0n) is 11.7. The summed E-state index contributed by atoms with van der Waals surface area (Å²) in [6, 6.07) is -1.04. The van der Waals surface area contributed by atoms with E-state index in [1.165, 1.54) is 10.9 Å². The van der Waals surface area contributed by atoms with Crippen LogP contribution in [-0.2, 0) is 16.6 Å². The number of amides is 1. The maximum absolute atomic E-state index is 11.7. The minimum atomic E-state index is -1.09. The largest absolute Gasteiger partial charge is 0.479 e. The van der Waals surface area contributed by atoms with Gasteiger partial charge in [0.15, 0.2) is 6.04 Å². The van der Waals surface area contributed by atoms with Crippen LogP contribution in [-0.4, -0.2) is 33.3 Å². The summed E-state index contributed by atoms with van der Waals surface area (Å²) in [6.07, 6.45) is 6.97. The molecule has 0 radical (unpaired) electrons. The lowest BCUT2D eigenvalue weighted by atomic mass is 10.1. The van der Waals surface area contributed by atoms with Crippen LogP contribution in [0.5, 0.6) is 0 Å². The molecule has 1 aromatic rings. The Morgan fingerprint density at radius 3 is 2.65 bits per heavy atom. The first-order valence-corrected chi connectivity index (χ1v) is 6.75.